The Labute approximate surface area is 103 Å². The molecule has 42 valence electrons. The van der Waals surface area contributed by atoms with Crippen molar-refractivity contribution < 1.29 is 6.17 Å². The summed E-state index contributed by atoms with van der Waals surface area (Å²) < 4.78 is 7.13. The number of hydrogen-bond acceptors (Lipinski definition) is 3. The van der Waals surface area contributed by atoms with Gasteiger partial charge in [0.05, 0.1) is 4.20 Å². The molecule has 0 unspecified atom stereocenters. The van der Waals surface area contributed by atoms with Gasteiger partial charge >= 0.3 is 51.4 Å². The fourth-order valence-electron chi connectivity index (χ4n) is 0.160. The summed E-state index contributed by atoms with van der Waals surface area (Å²) in [4.78, 5) is 10.2. The van der Waals surface area contributed by atoms with Crippen LogP contribution in [0.25, 0.3) is 0 Å². The fourth-order valence-corrected chi connectivity index (χ4v) is 0.833. The van der Waals surface area contributed by atoms with Gasteiger partial charge in [0, 0.05) is 8.29 Å². The molecule has 0 aromatic carbocycles. The van der Waals surface area contributed by atoms with Gasteiger partial charge in [-0.1, -0.05) is 12.2 Å². The van der Waals surface area contributed by atoms with Crippen LogP contribution >= 0.6 is 24.0 Å². The minimum atomic E-state index is -0.0396. The van der Waals surface area contributed by atoms with Crippen LogP contribution in [0.2, 0.25) is 0 Å². The van der Waals surface area contributed by atoms with Gasteiger partial charge in [0.15, 0.2) is 5.12 Å². The molecule has 0 aromatic rings. The zero-order valence-electron chi connectivity index (χ0n) is 4.93. The van der Waals surface area contributed by atoms with Gasteiger partial charge < -0.3 is 0 Å². The van der Waals surface area contributed by atoms with Crippen LogP contribution in [-0.4, -0.2) is 60.7 Å². The number of thiocarbonyl (C=S) groups is 1. The van der Waals surface area contributed by atoms with E-state index in [0.717, 1.165) is 11.8 Å². The molecule has 0 bridgehead atoms. The van der Waals surface area contributed by atoms with Crippen molar-refractivity contribution in [2.75, 3.05) is 0 Å². The van der Waals surface area contributed by atoms with E-state index in [1.165, 1.54) is 6.92 Å². The van der Waals surface area contributed by atoms with E-state index in [4.69, 9.17) is 1.37 Å². The third-order valence-electron chi connectivity index (χ3n) is 0.258. The molecule has 0 aliphatic heterocycles. The van der Waals surface area contributed by atoms with Gasteiger partial charge in [-0.25, -0.2) is 0 Å². The average molecular weight is 175 g/mol. The Hall–Kier alpha value is 1.75. The van der Waals surface area contributed by atoms with Crippen molar-refractivity contribution in [1.82, 2.24) is 0 Å². The van der Waals surface area contributed by atoms with E-state index in [1.807, 2.05) is 0 Å². The Morgan fingerprint density at radius 2 is 2.38 bits per heavy atom. The zero-order valence-corrected chi connectivity index (χ0v) is 5.56. The first-order valence-electron chi connectivity index (χ1n) is 2.38. The van der Waals surface area contributed by atoms with Crippen LogP contribution in [0.1, 0.15) is 15.2 Å². The van der Waals surface area contributed by atoms with E-state index >= 15 is 0 Å². The molecule has 0 aliphatic rings. The number of rotatable bonds is 0. The van der Waals surface area contributed by atoms with Crippen molar-refractivity contribution in [3.8, 4) is 0 Å². The van der Waals surface area contributed by atoms with Crippen LogP contribution in [0.3, 0.4) is 0 Å². The Morgan fingerprint density at radius 1 is 1.88 bits per heavy atom. The van der Waals surface area contributed by atoms with E-state index in [9.17, 15) is 4.79 Å². The van der Waals surface area contributed by atoms with Crippen molar-refractivity contribution in [2.24, 2.45) is 0 Å². The fraction of sp³-hybridized carbons (Fsp3) is 0.500. The first-order chi connectivity index (χ1) is 3.66. The standard InChI is InChI=1S/C4H6OS2.K.H/c1-3(5)7-4(2)6;;/h1-2H3;;/i2D;;. The SMILES string of the molecule is [2H]CC(=S)SC(C)=O.[KH]. The summed E-state index contributed by atoms with van der Waals surface area (Å²) in [6.45, 7) is 1.49. The van der Waals surface area contributed by atoms with Gasteiger partial charge in [0.25, 0.3) is 0 Å². The van der Waals surface area contributed by atoms with Crippen molar-refractivity contribution in [1.29, 1.82) is 0 Å². The summed E-state index contributed by atoms with van der Waals surface area (Å²) in [5.74, 6) is 0. The monoisotopic (exact) mass is 175 g/mol. The maximum atomic E-state index is 10.2. The van der Waals surface area contributed by atoms with Crippen molar-refractivity contribution in [2.45, 2.75) is 13.8 Å². The third kappa shape index (κ3) is 10.7. The predicted molar refractivity (Wildman–Crippen MR) is 43.7 cm³/mol. The first-order valence-corrected chi connectivity index (χ1v) is 2.89. The second kappa shape index (κ2) is 6.86. The summed E-state index contributed by atoms with van der Waals surface area (Å²) in [6, 6.07) is 0. The summed E-state index contributed by atoms with van der Waals surface area (Å²) in [6.07, 6.45) is 0. The van der Waals surface area contributed by atoms with Crippen molar-refractivity contribution >= 4 is 84.7 Å². The second-order valence-electron chi connectivity index (χ2n) is 0.966. The predicted octanol–water partition coefficient (Wildman–Crippen LogP) is 0.965. The molecule has 4 heteroatoms. The molecule has 8 heavy (non-hydrogen) atoms. The Kier molecular flexibility index (Phi) is 8.36. The van der Waals surface area contributed by atoms with Crippen LogP contribution in [-0.2, 0) is 4.79 Å². The molecular formula is C4H7KOS2. The van der Waals surface area contributed by atoms with E-state index < -0.39 is 0 Å². The molecule has 1 nitrogen and oxygen atoms in total. The summed E-state index contributed by atoms with van der Waals surface area (Å²) >= 11 is 5.55. The van der Waals surface area contributed by atoms with Crippen LogP contribution < -0.4 is 0 Å². The average Bonchev–Trinajstić information content (AvgIpc) is 1.65. The molecule has 0 amide bonds. The maximum absolute atomic E-state index is 10.2. The van der Waals surface area contributed by atoms with Gasteiger partial charge in [0.1, 0.15) is 0 Å². The van der Waals surface area contributed by atoms with Crippen LogP contribution in [0, 0.1) is 0 Å². The Morgan fingerprint density at radius 3 is 2.50 bits per heavy atom. The molecule has 0 rings (SSSR count). The second-order valence-corrected chi connectivity index (χ2v) is 2.99. The van der Waals surface area contributed by atoms with E-state index in [1.54, 1.807) is 0 Å². The van der Waals surface area contributed by atoms with Crippen LogP contribution in [0.4, 0.5) is 0 Å². The molecule has 0 aliphatic carbocycles. The Bertz CT molecular complexity index is 117. The van der Waals surface area contributed by atoms with Gasteiger partial charge in [-0.05, 0) is 18.7 Å². The van der Waals surface area contributed by atoms with E-state index in [2.05, 4.69) is 12.2 Å². The molecule has 0 heterocycles. The van der Waals surface area contributed by atoms with Crippen molar-refractivity contribution in [3.05, 3.63) is 0 Å². The summed E-state index contributed by atoms with van der Waals surface area (Å²) in [5, 5.41) is -0.0396. The summed E-state index contributed by atoms with van der Waals surface area (Å²) in [7, 11) is 0. The molecule has 0 radical (unpaired) electrons. The summed E-state index contributed by atoms with van der Waals surface area (Å²) in [5.41, 5.74) is 0. The number of carbonyl (C=O) groups is 1. The number of thioether (sulfide) groups is 1. The molecule has 0 atom stereocenters. The number of hydrogen-bond donors (Lipinski definition) is 0. The topological polar surface area (TPSA) is 17.1 Å². The van der Waals surface area contributed by atoms with Gasteiger partial charge in [0.2, 0.25) is 0 Å². The Balaban J connectivity index is 0. The quantitative estimate of drug-likeness (QED) is 0.403. The van der Waals surface area contributed by atoms with E-state index in [-0.39, 0.29) is 63.4 Å². The third-order valence-corrected chi connectivity index (χ3v) is 1.02. The number of carbonyl (C=O) groups excluding carboxylic acids is 1. The molecule has 0 N–H and O–H groups in total. The minimum absolute atomic E-state index is 0. The van der Waals surface area contributed by atoms with E-state index in [0.29, 0.717) is 4.20 Å². The molecule has 0 aromatic heterocycles. The van der Waals surface area contributed by atoms with Gasteiger partial charge in [-0.2, -0.15) is 0 Å². The van der Waals surface area contributed by atoms with Crippen molar-refractivity contribution in [3.63, 3.8) is 0 Å². The molecule has 0 saturated heterocycles. The molecule has 0 spiro atoms. The van der Waals surface area contributed by atoms with Gasteiger partial charge in [-0.15, -0.1) is 0 Å². The van der Waals surface area contributed by atoms with Crippen LogP contribution in [0.15, 0.2) is 0 Å². The first kappa shape index (κ1) is 9.75. The van der Waals surface area contributed by atoms with Gasteiger partial charge in [-0.3, -0.25) is 4.79 Å². The normalized spacial score (nSPS) is 8.88. The molecular weight excluding hydrogens is 167 g/mol. The molecule has 0 saturated carbocycles. The molecule has 0 fully saturated rings. The van der Waals surface area contributed by atoms with Crippen LogP contribution in [0.5, 0.6) is 0 Å². The zero-order chi connectivity index (χ0) is 6.57.